The van der Waals surface area contributed by atoms with Crippen molar-refractivity contribution in [1.82, 2.24) is 0 Å². The summed E-state index contributed by atoms with van der Waals surface area (Å²) in [6, 6.07) is 0. The average molecular weight is 178 g/mol. The SMILES string of the molecule is C[C@@]12C=C[C@@H](C1)[C@H]1C(=O)OC(=O)[C@H]12. The normalized spacial score (nSPS) is 51.3. The van der Waals surface area contributed by atoms with Crippen molar-refractivity contribution in [3.8, 4) is 0 Å². The van der Waals surface area contributed by atoms with Crippen molar-refractivity contribution in [2.75, 3.05) is 0 Å². The van der Waals surface area contributed by atoms with E-state index in [2.05, 4.69) is 16.9 Å². The lowest BCUT2D eigenvalue weighted by molar-refractivity contribution is -0.155. The van der Waals surface area contributed by atoms with Crippen LogP contribution in [0.4, 0.5) is 0 Å². The van der Waals surface area contributed by atoms with Crippen LogP contribution in [-0.4, -0.2) is 11.9 Å². The van der Waals surface area contributed by atoms with Crippen LogP contribution in [0.1, 0.15) is 13.3 Å². The highest BCUT2D eigenvalue weighted by Crippen LogP contribution is 2.59. The van der Waals surface area contributed by atoms with Gasteiger partial charge in [0.25, 0.3) is 0 Å². The molecule has 1 aliphatic heterocycles. The lowest BCUT2D eigenvalue weighted by Crippen LogP contribution is -2.28. The van der Waals surface area contributed by atoms with Crippen LogP contribution in [0.5, 0.6) is 0 Å². The van der Waals surface area contributed by atoms with Gasteiger partial charge in [-0.2, -0.15) is 0 Å². The number of esters is 2. The lowest BCUT2D eigenvalue weighted by Gasteiger charge is -2.23. The molecule has 3 heteroatoms. The minimum Gasteiger partial charge on any atom is -0.393 e. The summed E-state index contributed by atoms with van der Waals surface area (Å²) >= 11 is 0. The Kier molecular flexibility index (Phi) is 1.05. The van der Waals surface area contributed by atoms with Gasteiger partial charge in [-0.3, -0.25) is 9.59 Å². The molecular formula is C10H10O3. The first-order valence-corrected chi connectivity index (χ1v) is 4.57. The molecule has 0 spiro atoms. The molecule has 0 aromatic rings. The Morgan fingerprint density at radius 2 is 2.23 bits per heavy atom. The number of ether oxygens (including phenoxy) is 1. The summed E-state index contributed by atoms with van der Waals surface area (Å²) in [5.74, 6) is -0.760. The third kappa shape index (κ3) is 0.666. The topological polar surface area (TPSA) is 43.4 Å². The van der Waals surface area contributed by atoms with Crippen molar-refractivity contribution in [3.63, 3.8) is 0 Å². The first kappa shape index (κ1) is 7.30. The van der Waals surface area contributed by atoms with E-state index in [0.29, 0.717) is 0 Å². The number of cyclic esters (lactones) is 2. The molecule has 0 unspecified atom stereocenters. The van der Waals surface area contributed by atoms with Gasteiger partial charge in [-0.25, -0.2) is 0 Å². The van der Waals surface area contributed by atoms with Crippen LogP contribution in [0.3, 0.4) is 0 Å². The number of carbonyl (C=O) groups is 2. The Morgan fingerprint density at radius 3 is 2.92 bits per heavy atom. The number of rotatable bonds is 0. The third-order valence-electron chi connectivity index (χ3n) is 3.66. The summed E-state index contributed by atoms with van der Waals surface area (Å²) in [7, 11) is 0. The summed E-state index contributed by atoms with van der Waals surface area (Å²) in [6.45, 7) is 2.04. The van der Waals surface area contributed by atoms with Crippen molar-refractivity contribution in [3.05, 3.63) is 12.2 Å². The highest BCUT2D eigenvalue weighted by Gasteiger charge is 2.63. The first-order valence-electron chi connectivity index (χ1n) is 4.57. The zero-order valence-corrected chi connectivity index (χ0v) is 7.32. The van der Waals surface area contributed by atoms with Gasteiger partial charge in [0.05, 0.1) is 11.8 Å². The van der Waals surface area contributed by atoms with E-state index in [4.69, 9.17) is 0 Å². The Labute approximate surface area is 75.8 Å². The zero-order valence-electron chi connectivity index (χ0n) is 7.32. The van der Waals surface area contributed by atoms with E-state index < -0.39 is 0 Å². The Balaban J connectivity index is 2.13. The van der Waals surface area contributed by atoms with E-state index in [1.807, 2.05) is 6.92 Å². The fourth-order valence-electron chi connectivity index (χ4n) is 3.08. The fourth-order valence-corrected chi connectivity index (χ4v) is 3.08. The van der Waals surface area contributed by atoms with Crippen molar-refractivity contribution in [1.29, 1.82) is 0 Å². The van der Waals surface area contributed by atoms with Crippen LogP contribution in [0.2, 0.25) is 0 Å². The molecule has 3 nitrogen and oxygen atoms in total. The third-order valence-corrected chi connectivity index (χ3v) is 3.66. The molecule has 1 saturated carbocycles. The van der Waals surface area contributed by atoms with E-state index in [9.17, 15) is 9.59 Å². The second kappa shape index (κ2) is 1.86. The number of allylic oxidation sites excluding steroid dienone is 2. The van der Waals surface area contributed by atoms with Gasteiger partial charge >= 0.3 is 11.9 Å². The molecule has 2 fully saturated rings. The van der Waals surface area contributed by atoms with Crippen LogP contribution in [0.25, 0.3) is 0 Å². The molecule has 68 valence electrons. The largest absolute Gasteiger partial charge is 0.393 e. The Bertz CT molecular complexity index is 344. The lowest BCUT2D eigenvalue weighted by atomic mass is 9.76. The molecule has 0 amide bonds. The van der Waals surface area contributed by atoms with Gasteiger partial charge in [0.1, 0.15) is 0 Å². The quantitative estimate of drug-likeness (QED) is 0.314. The van der Waals surface area contributed by atoms with Crippen molar-refractivity contribution < 1.29 is 14.3 Å². The second-order valence-corrected chi connectivity index (χ2v) is 4.48. The molecule has 0 radical (unpaired) electrons. The number of carbonyl (C=O) groups excluding carboxylic acids is 2. The molecule has 2 bridgehead atoms. The molecule has 3 aliphatic rings. The average Bonchev–Trinajstić information content (AvgIpc) is 2.62. The summed E-state index contributed by atoms with van der Waals surface area (Å²) in [4.78, 5) is 22.7. The molecule has 3 rings (SSSR count). The van der Waals surface area contributed by atoms with E-state index in [1.165, 1.54) is 0 Å². The molecule has 13 heavy (non-hydrogen) atoms. The number of fused-ring (bicyclic) bond motifs is 5. The van der Waals surface area contributed by atoms with Gasteiger partial charge in [-0.1, -0.05) is 19.1 Å². The zero-order chi connectivity index (χ0) is 9.22. The van der Waals surface area contributed by atoms with Crippen LogP contribution in [-0.2, 0) is 14.3 Å². The molecular weight excluding hydrogens is 168 g/mol. The molecule has 1 heterocycles. The second-order valence-electron chi connectivity index (χ2n) is 4.48. The summed E-state index contributed by atoms with van der Waals surface area (Å²) < 4.78 is 4.66. The van der Waals surface area contributed by atoms with Gasteiger partial charge in [-0.05, 0) is 12.3 Å². The standard InChI is InChI=1S/C10H10O3/c1-10-3-2-5(4-10)6-7(10)9(12)13-8(6)11/h2-3,5-7H,4H2,1H3/t5-,6+,7-,10+/m0/s1. The van der Waals surface area contributed by atoms with Crippen molar-refractivity contribution in [2.45, 2.75) is 13.3 Å². The van der Waals surface area contributed by atoms with E-state index in [-0.39, 0.29) is 35.1 Å². The van der Waals surface area contributed by atoms with E-state index >= 15 is 0 Å². The minimum atomic E-state index is -0.315. The maximum absolute atomic E-state index is 11.4. The fraction of sp³-hybridized carbons (Fsp3) is 0.600. The van der Waals surface area contributed by atoms with Crippen molar-refractivity contribution >= 4 is 11.9 Å². The maximum atomic E-state index is 11.4. The molecule has 4 atom stereocenters. The molecule has 0 N–H and O–H groups in total. The minimum absolute atomic E-state index is 0.113. The summed E-state index contributed by atoms with van der Waals surface area (Å²) in [6.07, 6.45) is 5.06. The van der Waals surface area contributed by atoms with E-state index in [0.717, 1.165) is 6.42 Å². The van der Waals surface area contributed by atoms with Gasteiger partial charge in [-0.15, -0.1) is 0 Å². The van der Waals surface area contributed by atoms with Crippen LogP contribution in [0, 0.1) is 23.2 Å². The van der Waals surface area contributed by atoms with Gasteiger partial charge in [0.15, 0.2) is 0 Å². The van der Waals surface area contributed by atoms with Crippen molar-refractivity contribution in [2.24, 2.45) is 23.2 Å². The Morgan fingerprint density at radius 1 is 1.46 bits per heavy atom. The summed E-state index contributed by atoms with van der Waals surface area (Å²) in [5.41, 5.74) is -0.113. The monoisotopic (exact) mass is 178 g/mol. The predicted molar refractivity (Wildman–Crippen MR) is 43.4 cm³/mol. The van der Waals surface area contributed by atoms with Crippen LogP contribution < -0.4 is 0 Å². The molecule has 0 aromatic heterocycles. The number of hydrogen-bond acceptors (Lipinski definition) is 3. The van der Waals surface area contributed by atoms with Crippen LogP contribution in [0.15, 0.2) is 12.2 Å². The maximum Gasteiger partial charge on any atom is 0.318 e. The number of hydrogen-bond donors (Lipinski definition) is 0. The molecule has 2 aliphatic carbocycles. The highest BCUT2D eigenvalue weighted by atomic mass is 16.6. The highest BCUT2D eigenvalue weighted by molar-refractivity contribution is 5.98. The van der Waals surface area contributed by atoms with Crippen LogP contribution >= 0.6 is 0 Å². The smallest absolute Gasteiger partial charge is 0.318 e. The summed E-state index contributed by atoms with van der Waals surface area (Å²) in [5, 5.41) is 0. The van der Waals surface area contributed by atoms with E-state index in [1.54, 1.807) is 0 Å². The van der Waals surface area contributed by atoms with Gasteiger partial charge in [0.2, 0.25) is 0 Å². The molecule has 1 saturated heterocycles. The Hall–Kier alpha value is -1.12. The molecule has 0 aromatic carbocycles. The predicted octanol–water partition coefficient (Wildman–Crippen LogP) is 0.898. The van der Waals surface area contributed by atoms with Gasteiger partial charge in [0, 0.05) is 5.41 Å². The first-order chi connectivity index (χ1) is 6.12. The van der Waals surface area contributed by atoms with Gasteiger partial charge < -0.3 is 4.74 Å².